The highest BCUT2D eigenvalue weighted by Crippen LogP contribution is 2.24. The fourth-order valence-corrected chi connectivity index (χ4v) is 3.55. The highest BCUT2D eigenvalue weighted by atomic mass is 32.1. The first kappa shape index (κ1) is 18.1. The molecular weight excluding hydrogens is 344 g/mol. The molecule has 0 aliphatic carbocycles. The lowest BCUT2D eigenvalue weighted by atomic mass is 10.0. The quantitative estimate of drug-likeness (QED) is 0.667. The maximum absolute atomic E-state index is 12.6. The summed E-state index contributed by atoms with van der Waals surface area (Å²) in [6, 6.07) is 15.4. The van der Waals surface area contributed by atoms with Crippen molar-refractivity contribution >= 4 is 17.2 Å². The van der Waals surface area contributed by atoms with Crippen LogP contribution in [0.5, 0.6) is 5.75 Å². The molecule has 0 spiro atoms. The van der Waals surface area contributed by atoms with Crippen LogP contribution in [0.1, 0.15) is 41.0 Å². The van der Waals surface area contributed by atoms with E-state index >= 15 is 0 Å². The minimum atomic E-state index is -0.0745. The van der Waals surface area contributed by atoms with Crippen molar-refractivity contribution < 1.29 is 9.53 Å². The maximum atomic E-state index is 12.6. The van der Waals surface area contributed by atoms with Crippen molar-refractivity contribution in [3.05, 3.63) is 70.7 Å². The lowest BCUT2D eigenvalue weighted by Crippen LogP contribution is -2.28. The van der Waals surface area contributed by atoms with Crippen LogP contribution in [0.4, 0.5) is 0 Å². The second kappa shape index (κ2) is 8.15. The van der Waals surface area contributed by atoms with E-state index in [2.05, 4.69) is 17.2 Å². The van der Waals surface area contributed by atoms with E-state index in [0.29, 0.717) is 5.56 Å². The van der Waals surface area contributed by atoms with E-state index in [1.54, 1.807) is 18.4 Å². The molecule has 1 heterocycles. The van der Waals surface area contributed by atoms with Crippen LogP contribution in [0.15, 0.2) is 53.9 Å². The van der Waals surface area contributed by atoms with Gasteiger partial charge in [0, 0.05) is 22.2 Å². The number of carbonyl (C=O) groups is 1. The number of rotatable bonds is 6. The Morgan fingerprint density at radius 1 is 1.15 bits per heavy atom. The molecule has 5 heteroatoms. The third kappa shape index (κ3) is 4.11. The molecule has 134 valence electrons. The van der Waals surface area contributed by atoms with Crippen LogP contribution < -0.4 is 10.1 Å². The molecule has 26 heavy (non-hydrogen) atoms. The fourth-order valence-electron chi connectivity index (χ4n) is 2.75. The first-order chi connectivity index (χ1) is 12.6. The number of ether oxygens (including phenoxy) is 1. The Morgan fingerprint density at radius 3 is 2.38 bits per heavy atom. The molecule has 0 aliphatic rings. The summed E-state index contributed by atoms with van der Waals surface area (Å²) in [4.78, 5) is 17.1. The Hall–Kier alpha value is -2.66. The van der Waals surface area contributed by atoms with Gasteiger partial charge >= 0.3 is 0 Å². The summed E-state index contributed by atoms with van der Waals surface area (Å²) >= 11 is 1.61. The van der Waals surface area contributed by atoms with Gasteiger partial charge in [-0.1, -0.05) is 31.2 Å². The summed E-state index contributed by atoms with van der Waals surface area (Å²) in [5.41, 5.74) is 3.75. The van der Waals surface area contributed by atoms with E-state index < -0.39 is 0 Å². The second-order valence-corrected chi connectivity index (χ2v) is 6.94. The molecule has 0 bridgehead atoms. The van der Waals surface area contributed by atoms with E-state index in [1.807, 2.05) is 60.8 Å². The van der Waals surface area contributed by atoms with Crippen molar-refractivity contribution in [3.8, 4) is 16.3 Å². The molecule has 0 radical (unpaired) electrons. The molecule has 4 nitrogen and oxygen atoms in total. The number of aromatic nitrogens is 1. The molecule has 1 atom stereocenters. The van der Waals surface area contributed by atoms with Crippen molar-refractivity contribution in [3.63, 3.8) is 0 Å². The van der Waals surface area contributed by atoms with Crippen molar-refractivity contribution in [2.24, 2.45) is 0 Å². The summed E-state index contributed by atoms with van der Waals surface area (Å²) in [5, 5.41) is 6.10. The first-order valence-electron chi connectivity index (χ1n) is 8.58. The number of nitrogens with zero attached hydrogens (tertiary/aromatic N) is 1. The highest BCUT2D eigenvalue weighted by molar-refractivity contribution is 7.13. The van der Waals surface area contributed by atoms with Gasteiger partial charge in [-0.05, 0) is 43.2 Å². The number of hydrogen-bond acceptors (Lipinski definition) is 4. The van der Waals surface area contributed by atoms with Crippen LogP contribution in [0.2, 0.25) is 0 Å². The minimum absolute atomic E-state index is 0.0327. The summed E-state index contributed by atoms with van der Waals surface area (Å²) in [5.74, 6) is 0.734. The lowest BCUT2D eigenvalue weighted by molar-refractivity contribution is 0.0935. The third-order valence-corrected chi connectivity index (χ3v) is 5.25. The van der Waals surface area contributed by atoms with Gasteiger partial charge in [-0.15, -0.1) is 11.3 Å². The zero-order chi connectivity index (χ0) is 18.5. The van der Waals surface area contributed by atoms with Crippen LogP contribution in [0, 0.1) is 6.92 Å². The van der Waals surface area contributed by atoms with Crippen LogP contribution in [-0.4, -0.2) is 18.0 Å². The standard InChI is InChI=1S/C21H22N2O2S/c1-4-19(15-9-11-18(25-3)12-10-15)23-20(24)16-5-7-17(8-6-16)21-22-14(2)13-26-21/h5-13,19H,4H2,1-3H3,(H,23,24). The smallest absolute Gasteiger partial charge is 0.251 e. The largest absolute Gasteiger partial charge is 0.497 e. The molecule has 1 N–H and O–H groups in total. The zero-order valence-corrected chi connectivity index (χ0v) is 16.0. The van der Waals surface area contributed by atoms with Gasteiger partial charge in [-0.2, -0.15) is 0 Å². The lowest BCUT2D eigenvalue weighted by Gasteiger charge is -2.18. The maximum Gasteiger partial charge on any atom is 0.251 e. The number of methoxy groups -OCH3 is 1. The number of aryl methyl sites for hydroxylation is 1. The van der Waals surface area contributed by atoms with Crippen LogP contribution in [-0.2, 0) is 0 Å². The summed E-state index contributed by atoms with van der Waals surface area (Å²) in [6.07, 6.45) is 0.814. The molecule has 1 aromatic heterocycles. The van der Waals surface area contributed by atoms with Crippen molar-refractivity contribution in [1.82, 2.24) is 10.3 Å². The molecule has 3 rings (SSSR count). The Labute approximate surface area is 157 Å². The number of thiazole rings is 1. The van der Waals surface area contributed by atoms with Crippen LogP contribution >= 0.6 is 11.3 Å². The normalized spacial score (nSPS) is 11.8. The van der Waals surface area contributed by atoms with Gasteiger partial charge in [0.25, 0.3) is 5.91 Å². The molecule has 3 aromatic rings. The molecule has 0 saturated carbocycles. The highest BCUT2D eigenvalue weighted by Gasteiger charge is 2.14. The molecule has 1 unspecified atom stereocenters. The summed E-state index contributed by atoms with van der Waals surface area (Å²) in [6.45, 7) is 4.04. The number of hydrogen-bond donors (Lipinski definition) is 1. The summed E-state index contributed by atoms with van der Waals surface area (Å²) < 4.78 is 5.19. The Balaban J connectivity index is 1.71. The molecule has 0 fully saturated rings. The predicted molar refractivity (Wildman–Crippen MR) is 106 cm³/mol. The van der Waals surface area contributed by atoms with E-state index in [1.165, 1.54) is 0 Å². The molecule has 2 aromatic carbocycles. The van der Waals surface area contributed by atoms with Crippen LogP contribution in [0.25, 0.3) is 10.6 Å². The van der Waals surface area contributed by atoms with Gasteiger partial charge < -0.3 is 10.1 Å². The third-order valence-electron chi connectivity index (χ3n) is 4.24. The predicted octanol–water partition coefficient (Wildman–Crippen LogP) is 5.01. The topological polar surface area (TPSA) is 51.2 Å². The van der Waals surface area contributed by atoms with E-state index in [9.17, 15) is 4.79 Å². The zero-order valence-electron chi connectivity index (χ0n) is 15.2. The van der Waals surface area contributed by atoms with E-state index in [4.69, 9.17) is 4.74 Å². The summed E-state index contributed by atoms with van der Waals surface area (Å²) in [7, 11) is 1.64. The Kier molecular flexibility index (Phi) is 5.68. The number of carbonyl (C=O) groups excluding carboxylic acids is 1. The van der Waals surface area contributed by atoms with Gasteiger partial charge in [-0.25, -0.2) is 4.98 Å². The minimum Gasteiger partial charge on any atom is -0.497 e. The van der Waals surface area contributed by atoms with Gasteiger partial charge in [-0.3, -0.25) is 4.79 Å². The Bertz CT molecular complexity index is 870. The van der Waals surface area contributed by atoms with Crippen molar-refractivity contribution in [2.75, 3.05) is 7.11 Å². The van der Waals surface area contributed by atoms with Crippen molar-refractivity contribution in [2.45, 2.75) is 26.3 Å². The number of benzene rings is 2. The average molecular weight is 366 g/mol. The van der Waals surface area contributed by atoms with Gasteiger partial charge in [0.05, 0.1) is 13.2 Å². The van der Waals surface area contributed by atoms with Crippen molar-refractivity contribution in [1.29, 1.82) is 0 Å². The Morgan fingerprint density at radius 2 is 1.85 bits per heavy atom. The van der Waals surface area contributed by atoms with Gasteiger partial charge in [0.1, 0.15) is 10.8 Å². The fraction of sp³-hybridized carbons (Fsp3) is 0.238. The monoisotopic (exact) mass is 366 g/mol. The number of amides is 1. The first-order valence-corrected chi connectivity index (χ1v) is 9.46. The second-order valence-electron chi connectivity index (χ2n) is 6.08. The molecule has 1 amide bonds. The molecule has 0 saturated heterocycles. The van der Waals surface area contributed by atoms with Crippen LogP contribution in [0.3, 0.4) is 0 Å². The molecule has 0 aliphatic heterocycles. The van der Waals surface area contributed by atoms with Gasteiger partial charge in [0.15, 0.2) is 0 Å². The number of nitrogens with one attached hydrogen (secondary N) is 1. The van der Waals surface area contributed by atoms with E-state index in [0.717, 1.165) is 34.0 Å². The average Bonchev–Trinajstić information content (AvgIpc) is 3.12. The van der Waals surface area contributed by atoms with Gasteiger partial charge in [0.2, 0.25) is 0 Å². The molecular formula is C21H22N2O2S. The SMILES string of the molecule is CCC(NC(=O)c1ccc(-c2nc(C)cs2)cc1)c1ccc(OC)cc1. The van der Waals surface area contributed by atoms with E-state index in [-0.39, 0.29) is 11.9 Å².